The Kier molecular flexibility index (Phi) is 4.44. The zero-order valence-corrected chi connectivity index (χ0v) is 18.5. The van der Waals surface area contributed by atoms with Gasteiger partial charge in [0.25, 0.3) is 5.56 Å². The largest absolute Gasteiger partial charge is 0.507 e. The summed E-state index contributed by atoms with van der Waals surface area (Å²) in [7, 11) is 3.95. The van der Waals surface area contributed by atoms with Gasteiger partial charge in [0.05, 0.1) is 29.0 Å². The highest BCUT2D eigenvalue weighted by molar-refractivity contribution is 5.91. The molecule has 2 N–H and O–H groups in total. The maximum atomic E-state index is 13.3. The Balaban J connectivity index is 1.79. The molecule has 4 heterocycles. The van der Waals surface area contributed by atoms with Crippen LogP contribution in [0.1, 0.15) is 48.6 Å². The number of carbonyl (C=O) groups is 1. The Morgan fingerprint density at radius 2 is 2.03 bits per heavy atom. The van der Waals surface area contributed by atoms with Gasteiger partial charge in [0.1, 0.15) is 12.4 Å². The minimum Gasteiger partial charge on any atom is -0.507 e. The summed E-state index contributed by atoms with van der Waals surface area (Å²) in [5, 5.41) is 22.1. The fourth-order valence-electron chi connectivity index (χ4n) is 4.69. The molecular weight excluding hydrogens is 410 g/mol. The van der Waals surface area contributed by atoms with Crippen LogP contribution in [0.15, 0.2) is 29.1 Å². The van der Waals surface area contributed by atoms with Crippen LogP contribution in [0.3, 0.4) is 0 Å². The van der Waals surface area contributed by atoms with Crippen molar-refractivity contribution in [1.29, 1.82) is 0 Å². The average Bonchev–Trinajstić information content (AvgIpc) is 3.13. The molecule has 8 nitrogen and oxygen atoms in total. The molecule has 0 aliphatic carbocycles. The molecule has 2 aromatic heterocycles. The van der Waals surface area contributed by atoms with Crippen LogP contribution in [-0.4, -0.2) is 44.7 Å². The number of aromatic nitrogens is 2. The summed E-state index contributed by atoms with van der Waals surface area (Å²) >= 11 is 0. The van der Waals surface area contributed by atoms with E-state index in [0.29, 0.717) is 40.0 Å². The second-order valence-corrected chi connectivity index (χ2v) is 8.81. The molecule has 1 unspecified atom stereocenters. The third-order valence-electron chi connectivity index (χ3n) is 6.91. The number of rotatable bonds is 3. The van der Waals surface area contributed by atoms with E-state index in [-0.39, 0.29) is 30.4 Å². The van der Waals surface area contributed by atoms with Crippen LogP contribution < -0.4 is 5.56 Å². The third-order valence-corrected chi connectivity index (χ3v) is 6.91. The SMILES string of the molecule is CC[C@@]1(O)C(=O)OCc2c1cc1n(c2=O)Cc2cc3c(O)ccc(C(C)N(C)C)c3nc2-1. The lowest BCUT2D eigenvalue weighted by atomic mass is 9.86. The van der Waals surface area contributed by atoms with Crippen molar-refractivity contribution in [2.45, 2.75) is 45.1 Å². The van der Waals surface area contributed by atoms with Crippen LogP contribution in [0.4, 0.5) is 0 Å². The van der Waals surface area contributed by atoms with Crippen LogP contribution in [0.25, 0.3) is 22.3 Å². The number of carbonyl (C=O) groups excluding carboxylic acids is 1. The first-order valence-electron chi connectivity index (χ1n) is 10.7. The Hall–Kier alpha value is -3.23. The summed E-state index contributed by atoms with van der Waals surface area (Å²) < 4.78 is 6.71. The van der Waals surface area contributed by atoms with Crippen LogP contribution in [0.2, 0.25) is 0 Å². The number of hydrogen-bond donors (Lipinski definition) is 2. The predicted molar refractivity (Wildman–Crippen MR) is 118 cm³/mol. The molecule has 0 saturated heterocycles. The Morgan fingerprint density at radius 1 is 1.28 bits per heavy atom. The first kappa shape index (κ1) is 20.7. The first-order chi connectivity index (χ1) is 15.2. The fourth-order valence-corrected chi connectivity index (χ4v) is 4.69. The average molecular weight is 435 g/mol. The van der Waals surface area contributed by atoms with Gasteiger partial charge in [-0.15, -0.1) is 0 Å². The number of benzene rings is 1. The molecule has 166 valence electrons. The van der Waals surface area contributed by atoms with Gasteiger partial charge in [-0.2, -0.15) is 0 Å². The van der Waals surface area contributed by atoms with Crippen molar-refractivity contribution in [3.8, 4) is 17.1 Å². The minimum absolute atomic E-state index is 0.0516. The lowest BCUT2D eigenvalue weighted by Gasteiger charge is -2.31. The molecule has 0 saturated carbocycles. The van der Waals surface area contributed by atoms with E-state index in [1.807, 2.05) is 26.2 Å². The standard InChI is InChI=1S/C24H25N3O5/c1-5-24(31)17-9-18-20-13(10-27(18)22(29)16(17)11-32-23(24)30)8-15-19(28)7-6-14(21(15)25-20)12(2)26(3)4/h6-9,12,28,31H,5,10-11H2,1-4H3/t12?,24-/m0/s1. The lowest BCUT2D eigenvalue weighted by molar-refractivity contribution is -0.172. The van der Waals surface area contributed by atoms with Gasteiger partial charge in [0.15, 0.2) is 5.60 Å². The van der Waals surface area contributed by atoms with Crippen LogP contribution >= 0.6 is 0 Å². The number of esters is 1. The second-order valence-electron chi connectivity index (χ2n) is 8.81. The Labute approximate surface area is 184 Å². The Bertz CT molecular complexity index is 1360. The number of phenols is 1. The highest BCUT2D eigenvalue weighted by atomic mass is 16.6. The molecular formula is C24H25N3O5. The van der Waals surface area contributed by atoms with Gasteiger partial charge < -0.3 is 24.4 Å². The number of ether oxygens (including phenoxy) is 1. The summed E-state index contributed by atoms with van der Waals surface area (Å²) in [6, 6.07) is 7.16. The molecule has 32 heavy (non-hydrogen) atoms. The predicted octanol–water partition coefficient (Wildman–Crippen LogP) is 2.41. The summed E-state index contributed by atoms with van der Waals surface area (Å²) in [4.78, 5) is 32.6. The van der Waals surface area contributed by atoms with Gasteiger partial charge in [0.2, 0.25) is 0 Å². The Morgan fingerprint density at radius 3 is 2.72 bits per heavy atom. The minimum atomic E-state index is -1.86. The highest BCUT2D eigenvalue weighted by Gasteiger charge is 2.45. The summed E-state index contributed by atoms with van der Waals surface area (Å²) in [6.45, 7) is 3.87. The monoisotopic (exact) mass is 435 g/mol. The normalized spacial score (nSPS) is 20.1. The van der Waals surface area contributed by atoms with Gasteiger partial charge in [-0.3, -0.25) is 4.79 Å². The molecule has 5 rings (SSSR count). The summed E-state index contributed by atoms with van der Waals surface area (Å²) in [5.41, 5.74) is 2.02. The van der Waals surface area contributed by atoms with Crippen molar-refractivity contribution >= 4 is 16.9 Å². The number of nitrogens with zero attached hydrogens (tertiary/aromatic N) is 3. The van der Waals surface area contributed by atoms with E-state index in [0.717, 1.165) is 11.1 Å². The maximum absolute atomic E-state index is 13.3. The van der Waals surface area contributed by atoms with E-state index in [4.69, 9.17) is 9.72 Å². The highest BCUT2D eigenvalue weighted by Crippen LogP contribution is 2.40. The molecule has 0 amide bonds. The molecule has 1 aromatic carbocycles. The van der Waals surface area contributed by atoms with E-state index < -0.39 is 11.6 Å². The zero-order valence-electron chi connectivity index (χ0n) is 18.5. The van der Waals surface area contributed by atoms with E-state index >= 15 is 0 Å². The van der Waals surface area contributed by atoms with Crippen molar-refractivity contribution in [3.63, 3.8) is 0 Å². The number of hydrogen-bond acceptors (Lipinski definition) is 7. The quantitative estimate of drug-likeness (QED) is 0.476. The van der Waals surface area contributed by atoms with Gasteiger partial charge in [0, 0.05) is 22.6 Å². The second kappa shape index (κ2) is 6.88. The number of phenolic OH excluding ortho intramolecular Hbond substituents is 1. The van der Waals surface area contributed by atoms with Gasteiger partial charge >= 0.3 is 5.97 Å². The molecule has 2 aliphatic rings. The van der Waals surface area contributed by atoms with Crippen molar-refractivity contribution < 1.29 is 19.7 Å². The molecule has 3 aromatic rings. The van der Waals surface area contributed by atoms with Crippen LogP contribution in [0.5, 0.6) is 5.75 Å². The van der Waals surface area contributed by atoms with E-state index in [9.17, 15) is 19.8 Å². The van der Waals surface area contributed by atoms with E-state index in [2.05, 4.69) is 11.8 Å². The van der Waals surface area contributed by atoms with E-state index in [1.54, 1.807) is 23.6 Å². The zero-order chi connectivity index (χ0) is 22.9. The molecule has 2 aliphatic heterocycles. The molecule has 0 radical (unpaired) electrons. The van der Waals surface area contributed by atoms with Crippen molar-refractivity contribution in [3.05, 3.63) is 56.9 Å². The van der Waals surface area contributed by atoms with Crippen molar-refractivity contribution in [1.82, 2.24) is 14.5 Å². The van der Waals surface area contributed by atoms with E-state index in [1.165, 1.54) is 0 Å². The first-order valence-corrected chi connectivity index (χ1v) is 10.7. The number of aromatic hydroxyl groups is 1. The topological polar surface area (TPSA) is 105 Å². The van der Waals surface area contributed by atoms with Crippen molar-refractivity contribution in [2.24, 2.45) is 0 Å². The molecule has 8 heteroatoms. The smallest absolute Gasteiger partial charge is 0.343 e. The number of aliphatic hydroxyl groups is 1. The van der Waals surface area contributed by atoms with Crippen LogP contribution in [0, 0.1) is 0 Å². The molecule has 2 atom stereocenters. The molecule has 0 spiro atoms. The summed E-state index contributed by atoms with van der Waals surface area (Å²) in [5.74, 6) is -0.611. The molecule has 0 fully saturated rings. The molecule has 0 bridgehead atoms. The van der Waals surface area contributed by atoms with Gasteiger partial charge in [-0.25, -0.2) is 9.78 Å². The number of cyclic esters (lactones) is 1. The van der Waals surface area contributed by atoms with Crippen molar-refractivity contribution in [2.75, 3.05) is 14.1 Å². The van der Waals surface area contributed by atoms with Gasteiger partial charge in [-0.1, -0.05) is 13.0 Å². The maximum Gasteiger partial charge on any atom is 0.343 e. The van der Waals surface area contributed by atoms with Crippen LogP contribution in [-0.2, 0) is 28.3 Å². The number of fused-ring (bicyclic) bond motifs is 5. The van der Waals surface area contributed by atoms with Gasteiger partial charge in [-0.05, 0) is 51.2 Å². The fraction of sp³-hybridized carbons (Fsp3) is 0.375. The lowest BCUT2D eigenvalue weighted by Crippen LogP contribution is -2.44. The summed E-state index contributed by atoms with van der Waals surface area (Å²) in [6.07, 6.45) is 0.0953. The number of pyridine rings is 2. The third kappa shape index (κ3) is 2.66.